The van der Waals surface area contributed by atoms with Crippen molar-refractivity contribution in [3.63, 3.8) is 0 Å². The fraction of sp³-hybridized carbons (Fsp3) is 0.0667. The van der Waals surface area contributed by atoms with E-state index in [2.05, 4.69) is 15.6 Å². The molecule has 3 aromatic rings. The molecule has 0 bridgehead atoms. The largest absolute Gasteiger partial charge is 0.160 e. The molecule has 3 rings (SSSR count). The molecule has 0 aliphatic rings. The zero-order valence-electron chi connectivity index (χ0n) is 10.6. The van der Waals surface area contributed by atoms with Crippen LogP contribution in [-0.4, -0.2) is 10.2 Å². The minimum Gasteiger partial charge on any atom is -0.154 e. The van der Waals surface area contributed by atoms with Gasteiger partial charge >= 0.3 is 0 Å². The van der Waals surface area contributed by atoms with Crippen molar-refractivity contribution in [1.82, 2.24) is 10.2 Å². The van der Waals surface area contributed by atoms with E-state index in [0.29, 0.717) is 10.2 Å². The Labute approximate surface area is 131 Å². The third-order valence-electron chi connectivity index (χ3n) is 3.05. The molecule has 0 saturated carbocycles. The number of hydrogen-bond donors (Lipinski definition) is 0. The first-order valence-electron chi connectivity index (χ1n) is 5.98. The van der Waals surface area contributed by atoms with Crippen LogP contribution in [0.3, 0.4) is 0 Å². The molecule has 0 unspecified atom stereocenters. The van der Waals surface area contributed by atoms with Crippen LogP contribution in [0.5, 0.6) is 0 Å². The lowest BCUT2D eigenvalue weighted by Crippen LogP contribution is -1.96. The molecular weight excluding hydrogens is 311 g/mol. The second-order valence-corrected chi connectivity index (χ2v) is 5.92. The molecule has 20 heavy (non-hydrogen) atoms. The van der Waals surface area contributed by atoms with Crippen LogP contribution in [0.25, 0.3) is 22.3 Å². The lowest BCUT2D eigenvalue weighted by Gasteiger charge is -2.12. The van der Waals surface area contributed by atoms with E-state index in [1.807, 2.05) is 42.6 Å². The molecule has 5 heteroatoms. The van der Waals surface area contributed by atoms with E-state index in [4.69, 9.17) is 23.2 Å². The van der Waals surface area contributed by atoms with Gasteiger partial charge in [0.2, 0.25) is 0 Å². The highest BCUT2D eigenvalue weighted by atomic mass is 35.5. The minimum atomic E-state index is 0.416. The zero-order chi connectivity index (χ0) is 14.1. The molecule has 0 radical (unpaired) electrons. The summed E-state index contributed by atoms with van der Waals surface area (Å²) in [4.78, 5) is 0. The first-order chi connectivity index (χ1) is 9.66. The molecule has 2 nitrogen and oxygen atoms in total. The highest BCUT2D eigenvalue weighted by Gasteiger charge is 2.16. The van der Waals surface area contributed by atoms with Gasteiger partial charge in [-0.25, -0.2) is 0 Å². The number of hydrogen-bond acceptors (Lipinski definition) is 3. The van der Waals surface area contributed by atoms with Crippen LogP contribution in [-0.2, 0) is 0 Å². The molecule has 0 amide bonds. The normalized spacial score (nSPS) is 10.8. The number of nitrogens with zero attached hydrogens (tertiary/aromatic N) is 2. The third kappa shape index (κ3) is 2.44. The van der Waals surface area contributed by atoms with Crippen molar-refractivity contribution in [3.05, 3.63) is 57.0 Å². The Morgan fingerprint density at radius 1 is 0.900 bits per heavy atom. The van der Waals surface area contributed by atoms with Gasteiger partial charge in [-0.3, -0.25) is 0 Å². The van der Waals surface area contributed by atoms with E-state index >= 15 is 0 Å². The monoisotopic (exact) mass is 320 g/mol. The number of aromatic nitrogens is 2. The molecule has 0 fully saturated rings. The first-order valence-corrected chi connectivity index (χ1v) is 7.68. The zero-order valence-corrected chi connectivity index (χ0v) is 12.9. The maximum Gasteiger partial charge on any atom is 0.160 e. The van der Waals surface area contributed by atoms with Crippen molar-refractivity contribution in [2.24, 2.45) is 0 Å². The molecule has 0 spiro atoms. The molecule has 2 heterocycles. The summed E-state index contributed by atoms with van der Waals surface area (Å²) in [6.07, 6.45) is 0. The topological polar surface area (TPSA) is 25.8 Å². The van der Waals surface area contributed by atoms with Gasteiger partial charge in [0.05, 0.1) is 5.69 Å². The van der Waals surface area contributed by atoms with Gasteiger partial charge in [0.15, 0.2) is 5.15 Å². The quantitative estimate of drug-likeness (QED) is 0.624. The van der Waals surface area contributed by atoms with E-state index < -0.39 is 0 Å². The van der Waals surface area contributed by atoms with Gasteiger partial charge in [-0.1, -0.05) is 35.3 Å². The average molecular weight is 321 g/mol. The molecule has 0 atom stereocenters. The molecule has 0 N–H and O–H groups in total. The van der Waals surface area contributed by atoms with Crippen LogP contribution in [0.1, 0.15) is 5.69 Å². The van der Waals surface area contributed by atoms with Gasteiger partial charge in [0.1, 0.15) is 0 Å². The SMILES string of the molecule is Cc1nnc(Cl)c(-c2ccsc2)c1-c1ccc(Cl)cc1. The van der Waals surface area contributed by atoms with Gasteiger partial charge in [-0.15, -0.1) is 5.10 Å². The van der Waals surface area contributed by atoms with Crippen molar-refractivity contribution < 1.29 is 0 Å². The van der Waals surface area contributed by atoms with Crippen molar-refractivity contribution in [2.45, 2.75) is 6.92 Å². The predicted octanol–water partition coefficient (Wildman–Crippen LogP) is 5.49. The van der Waals surface area contributed by atoms with Crippen molar-refractivity contribution in [2.75, 3.05) is 0 Å². The fourth-order valence-electron chi connectivity index (χ4n) is 2.14. The standard InChI is InChI=1S/C15H10Cl2N2S/c1-9-13(10-2-4-12(16)5-3-10)14(15(17)19-18-9)11-6-7-20-8-11/h2-8H,1H3. The van der Waals surface area contributed by atoms with Crippen molar-refractivity contribution in [1.29, 1.82) is 0 Å². The lowest BCUT2D eigenvalue weighted by atomic mass is 9.97. The van der Waals surface area contributed by atoms with Gasteiger partial charge < -0.3 is 0 Å². The summed E-state index contributed by atoms with van der Waals surface area (Å²) >= 11 is 13.9. The highest BCUT2D eigenvalue weighted by molar-refractivity contribution is 7.08. The van der Waals surface area contributed by atoms with Gasteiger partial charge in [0, 0.05) is 16.1 Å². The highest BCUT2D eigenvalue weighted by Crippen LogP contribution is 2.38. The predicted molar refractivity (Wildman–Crippen MR) is 85.5 cm³/mol. The Kier molecular flexibility index (Phi) is 3.74. The van der Waals surface area contributed by atoms with E-state index in [0.717, 1.165) is 27.9 Å². The van der Waals surface area contributed by atoms with Crippen LogP contribution in [0.2, 0.25) is 10.2 Å². The summed E-state index contributed by atoms with van der Waals surface area (Å²) in [6, 6.07) is 9.70. The van der Waals surface area contributed by atoms with E-state index in [1.54, 1.807) is 11.3 Å². The summed E-state index contributed by atoms with van der Waals surface area (Å²) < 4.78 is 0. The summed E-state index contributed by atoms with van der Waals surface area (Å²) in [7, 11) is 0. The van der Waals surface area contributed by atoms with Crippen LogP contribution >= 0.6 is 34.5 Å². The molecule has 0 saturated heterocycles. The Morgan fingerprint density at radius 3 is 2.30 bits per heavy atom. The number of thiophene rings is 1. The number of benzene rings is 1. The van der Waals surface area contributed by atoms with Gasteiger partial charge in [-0.2, -0.15) is 16.4 Å². The second-order valence-electron chi connectivity index (χ2n) is 4.35. The Balaban J connectivity index is 2.29. The van der Waals surface area contributed by atoms with Crippen molar-refractivity contribution >= 4 is 34.5 Å². The van der Waals surface area contributed by atoms with E-state index in [-0.39, 0.29) is 0 Å². The van der Waals surface area contributed by atoms with Crippen molar-refractivity contribution in [3.8, 4) is 22.3 Å². The number of aryl methyl sites for hydroxylation is 1. The van der Waals surface area contributed by atoms with Crippen LogP contribution in [0, 0.1) is 6.92 Å². The second kappa shape index (κ2) is 5.52. The van der Waals surface area contributed by atoms with E-state index in [9.17, 15) is 0 Å². The minimum absolute atomic E-state index is 0.416. The maximum atomic E-state index is 6.28. The molecule has 2 aromatic heterocycles. The lowest BCUT2D eigenvalue weighted by molar-refractivity contribution is 0.986. The Bertz CT molecular complexity index is 737. The number of rotatable bonds is 2. The van der Waals surface area contributed by atoms with E-state index in [1.165, 1.54) is 0 Å². The first kappa shape index (κ1) is 13.6. The van der Waals surface area contributed by atoms with Gasteiger partial charge in [-0.05, 0) is 47.0 Å². The maximum absolute atomic E-state index is 6.28. The molecule has 0 aliphatic heterocycles. The molecule has 1 aromatic carbocycles. The summed E-state index contributed by atoms with van der Waals surface area (Å²) in [6.45, 7) is 1.93. The summed E-state index contributed by atoms with van der Waals surface area (Å²) in [5.74, 6) is 0. The fourth-order valence-corrected chi connectivity index (χ4v) is 3.16. The Morgan fingerprint density at radius 2 is 1.65 bits per heavy atom. The number of halogens is 2. The van der Waals surface area contributed by atoms with Crippen LogP contribution in [0.4, 0.5) is 0 Å². The van der Waals surface area contributed by atoms with Crippen LogP contribution in [0.15, 0.2) is 41.1 Å². The Hall–Kier alpha value is -1.42. The third-order valence-corrected chi connectivity index (χ3v) is 4.25. The molecule has 0 aliphatic carbocycles. The summed E-state index contributed by atoms with van der Waals surface area (Å²) in [5.41, 5.74) is 4.86. The average Bonchev–Trinajstić information content (AvgIpc) is 2.96. The smallest absolute Gasteiger partial charge is 0.154 e. The summed E-state index contributed by atoms with van der Waals surface area (Å²) in [5, 5.41) is 13.4. The van der Waals surface area contributed by atoms with Gasteiger partial charge in [0.25, 0.3) is 0 Å². The molecule has 100 valence electrons. The molecular formula is C15H10Cl2N2S. The van der Waals surface area contributed by atoms with Crippen LogP contribution < -0.4 is 0 Å².